The molecule has 0 atom stereocenters. The second-order valence-corrected chi connectivity index (χ2v) is 4.11. The Bertz CT molecular complexity index is 421. The summed E-state index contributed by atoms with van der Waals surface area (Å²) in [7, 11) is 6.38. The van der Waals surface area contributed by atoms with Gasteiger partial charge in [0.25, 0.3) is 5.91 Å². The highest BCUT2D eigenvalue weighted by Gasteiger charge is 2.15. The molecule has 0 aliphatic carbocycles. The van der Waals surface area contributed by atoms with Gasteiger partial charge in [-0.2, -0.15) is 0 Å². The van der Waals surface area contributed by atoms with Gasteiger partial charge in [-0.15, -0.1) is 0 Å². The van der Waals surface area contributed by atoms with Crippen molar-refractivity contribution in [1.82, 2.24) is 4.90 Å². The van der Waals surface area contributed by atoms with Crippen molar-refractivity contribution >= 4 is 5.91 Å². The van der Waals surface area contributed by atoms with Gasteiger partial charge >= 0.3 is 0 Å². The van der Waals surface area contributed by atoms with Crippen molar-refractivity contribution in [2.45, 2.75) is 6.54 Å². The summed E-state index contributed by atoms with van der Waals surface area (Å²) >= 11 is 0. The van der Waals surface area contributed by atoms with Crippen LogP contribution in [0.25, 0.3) is 0 Å². The third kappa shape index (κ3) is 3.75. The lowest BCUT2D eigenvalue weighted by Gasteiger charge is -2.17. The van der Waals surface area contributed by atoms with Crippen LogP contribution in [-0.4, -0.2) is 45.7 Å². The van der Waals surface area contributed by atoms with Gasteiger partial charge < -0.3 is 24.8 Å². The second kappa shape index (κ2) is 6.84. The molecule has 19 heavy (non-hydrogen) atoms. The molecule has 0 heterocycles. The minimum absolute atomic E-state index is 0.0817. The fourth-order valence-corrected chi connectivity index (χ4v) is 1.46. The van der Waals surface area contributed by atoms with E-state index in [4.69, 9.17) is 19.9 Å². The molecule has 0 fully saturated rings. The van der Waals surface area contributed by atoms with Crippen LogP contribution in [0.2, 0.25) is 0 Å². The molecule has 2 N–H and O–H groups in total. The maximum atomic E-state index is 11.5. The number of carbonyl (C=O) groups is 1. The first-order chi connectivity index (χ1) is 9.03. The van der Waals surface area contributed by atoms with Crippen molar-refractivity contribution in [2.24, 2.45) is 5.73 Å². The zero-order chi connectivity index (χ0) is 14.4. The monoisotopic (exact) mass is 268 g/mol. The normalized spacial score (nSPS) is 9.95. The van der Waals surface area contributed by atoms with Crippen molar-refractivity contribution in [3.05, 3.63) is 17.7 Å². The van der Waals surface area contributed by atoms with Gasteiger partial charge in [-0.3, -0.25) is 4.79 Å². The molecular weight excluding hydrogens is 248 g/mol. The maximum absolute atomic E-state index is 11.5. The average Bonchev–Trinajstić information content (AvgIpc) is 2.43. The van der Waals surface area contributed by atoms with E-state index in [1.165, 1.54) is 19.1 Å². The van der Waals surface area contributed by atoms with Crippen molar-refractivity contribution in [3.63, 3.8) is 0 Å². The average molecular weight is 268 g/mol. The fourth-order valence-electron chi connectivity index (χ4n) is 1.46. The number of methoxy groups -OCH3 is 2. The Morgan fingerprint density at radius 3 is 2.11 bits per heavy atom. The zero-order valence-corrected chi connectivity index (χ0v) is 11.7. The molecule has 1 rings (SSSR count). The Morgan fingerprint density at radius 2 is 1.74 bits per heavy atom. The van der Waals surface area contributed by atoms with Crippen LogP contribution in [0.3, 0.4) is 0 Å². The number of hydrogen-bond donors (Lipinski definition) is 1. The number of nitrogens with zero attached hydrogens (tertiary/aromatic N) is 1. The van der Waals surface area contributed by atoms with Gasteiger partial charge in [0.15, 0.2) is 18.1 Å². The Labute approximate surface area is 113 Å². The smallest absolute Gasteiger partial charge is 0.259 e. The van der Waals surface area contributed by atoms with E-state index in [2.05, 4.69) is 0 Å². The van der Waals surface area contributed by atoms with Gasteiger partial charge in [0.05, 0.1) is 14.2 Å². The molecule has 0 spiro atoms. The number of hydrogen-bond acceptors (Lipinski definition) is 5. The molecule has 1 aromatic carbocycles. The number of nitrogens with two attached hydrogens (primary N) is 1. The summed E-state index contributed by atoms with van der Waals surface area (Å²) in [5.74, 6) is 1.24. The van der Waals surface area contributed by atoms with E-state index in [0.717, 1.165) is 5.56 Å². The Morgan fingerprint density at radius 1 is 1.21 bits per heavy atom. The molecule has 1 amide bonds. The van der Waals surface area contributed by atoms with Crippen LogP contribution >= 0.6 is 0 Å². The van der Waals surface area contributed by atoms with E-state index in [1.807, 2.05) is 0 Å². The minimum Gasteiger partial charge on any atom is -0.493 e. The van der Waals surface area contributed by atoms with E-state index in [1.54, 1.807) is 26.2 Å². The first-order valence-electron chi connectivity index (χ1n) is 5.81. The standard InChI is InChI=1S/C13H20N2O4/c1-15(2)12(16)8-19-13-10(17-3)5-9(7-14)6-11(13)18-4/h5-6H,7-8,14H2,1-4H3. The molecule has 6 nitrogen and oxygen atoms in total. The fraction of sp³-hybridized carbons (Fsp3) is 0.462. The van der Waals surface area contributed by atoms with Crippen LogP contribution in [0.1, 0.15) is 5.56 Å². The molecule has 0 radical (unpaired) electrons. The molecule has 6 heteroatoms. The summed E-state index contributed by atoms with van der Waals surface area (Å²) in [6.07, 6.45) is 0. The topological polar surface area (TPSA) is 74.0 Å². The van der Waals surface area contributed by atoms with Crippen LogP contribution in [0.5, 0.6) is 17.2 Å². The molecule has 1 aromatic rings. The van der Waals surface area contributed by atoms with Gasteiger partial charge in [0.1, 0.15) is 0 Å². The molecule has 0 unspecified atom stereocenters. The largest absolute Gasteiger partial charge is 0.493 e. The Balaban J connectivity index is 3.00. The van der Waals surface area contributed by atoms with Crippen LogP contribution in [0.4, 0.5) is 0 Å². The van der Waals surface area contributed by atoms with E-state index in [-0.39, 0.29) is 12.5 Å². The molecule has 0 saturated heterocycles. The van der Waals surface area contributed by atoms with Crippen LogP contribution in [0, 0.1) is 0 Å². The highest BCUT2D eigenvalue weighted by molar-refractivity contribution is 5.77. The minimum atomic E-state index is -0.146. The summed E-state index contributed by atoms with van der Waals surface area (Å²) < 4.78 is 16.0. The summed E-state index contributed by atoms with van der Waals surface area (Å²) in [6, 6.07) is 3.52. The van der Waals surface area contributed by atoms with Crippen molar-refractivity contribution in [1.29, 1.82) is 0 Å². The SMILES string of the molecule is COc1cc(CN)cc(OC)c1OCC(=O)N(C)C. The summed E-state index contributed by atoms with van der Waals surface area (Å²) in [5, 5.41) is 0. The van der Waals surface area contributed by atoms with Crippen molar-refractivity contribution in [3.8, 4) is 17.2 Å². The van der Waals surface area contributed by atoms with Gasteiger partial charge in [0.2, 0.25) is 5.75 Å². The molecule has 106 valence electrons. The predicted molar refractivity (Wildman–Crippen MR) is 71.6 cm³/mol. The van der Waals surface area contributed by atoms with Crippen molar-refractivity contribution in [2.75, 3.05) is 34.9 Å². The first kappa shape index (κ1) is 15.1. The Hall–Kier alpha value is -1.95. The molecule has 0 saturated carbocycles. The molecule has 0 aliphatic rings. The molecule has 0 aromatic heterocycles. The number of likely N-dealkylation sites (N-methyl/N-ethyl adjacent to an activating group) is 1. The van der Waals surface area contributed by atoms with Crippen LogP contribution < -0.4 is 19.9 Å². The van der Waals surface area contributed by atoms with E-state index >= 15 is 0 Å². The first-order valence-corrected chi connectivity index (χ1v) is 5.81. The van der Waals surface area contributed by atoms with Gasteiger partial charge in [-0.25, -0.2) is 0 Å². The quantitative estimate of drug-likeness (QED) is 0.819. The number of ether oxygens (including phenoxy) is 3. The summed E-state index contributed by atoms with van der Waals surface area (Å²) in [4.78, 5) is 13.0. The Kier molecular flexibility index (Phi) is 5.44. The molecule has 0 bridgehead atoms. The third-order valence-electron chi connectivity index (χ3n) is 2.59. The van der Waals surface area contributed by atoms with E-state index < -0.39 is 0 Å². The third-order valence-corrected chi connectivity index (χ3v) is 2.59. The maximum Gasteiger partial charge on any atom is 0.259 e. The predicted octanol–water partition coefficient (Wildman–Crippen LogP) is 0.630. The summed E-state index contributed by atoms with van der Waals surface area (Å²) in [6.45, 7) is 0.283. The van der Waals surface area contributed by atoms with E-state index in [0.29, 0.717) is 23.8 Å². The lowest BCUT2D eigenvalue weighted by Crippen LogP contribution is -2.27. The lowest BCUT2D eigenvalue weighted by atomic mass is 10.2. The van der Waals surface area contributed by atoms with Crippen LogP contribution in [-0.2, 0) is 11.3 Å². The summed E-state index contributed by atoms with van der Waals surface area (Å²) in [5.41, 5.74) is 6.46. The van der Waals surface area contributed by atoms with Crippen LogP contribution in [0.15, 0.2) is 12.1 Å². The number of rotatable bonds is 6. The van der Waals surface area contributed by atoms with Gasteiger partial charge in [-0.05, 0) is 17.7 Å². The second-order valence-electron chi connectivity index (χ2n) is 4.11. The van der Waals surface area contributed by atoms with Gasteiger partial charge in [-0.1, -0.05) is 0 Å². The molecule has 0 aliphatic heterocycles. The van der Waals surface area contributed by atoms with Crippen molar-refractivity contribution < 1.29 is 19.0 Å². The van der Waals surface area contributed by atoms with Gasteiger partial charge in [0, 0.05) is 20.6 Å². The zero-order valence-electron chi connectivity index (χ0n) is 11.7. The highest BCUT2D eigenvalue weighted by atomic mass is 16.5. The highest BCUT2D eigenvalue weighted by Crippen LogP contribution is 2.38. The number of benzene rings is 1. The molecular formula is C13H20N2O4. The van der Waals surface area contributed by atoms with E-state index in [9.17, 15) is 4.79 Å². The number of carbonyl (C=O) groups excluding carboxylic acids is 1. The lowest BCUT2D eigenvalue weighted by molar-refractivity contribution is -0.130. The number of amides is 1.